The van der Waals surface area contributed by atoms with Crippen molar-refractivity contribution < 1.29 is 9.53 Å². The second-order valence-corrected chi connectivity index (χ2v) is 6.33. The highest BCUT2D eigenvalue weighted by molar-refractivity contribution is 5.73. The zero-order valence-corrected chi connectivity index (χ0v) is 14.3. The first-order valence-electron chi connectivity index (χ1n) is 8.44. The SMILES string of the molecule is Cc1ccc(CNC(=O)NCCc2ccc3c(c2)CCO3)c(C)c1. The number of hydrogen-bond acceptors (Lipinski definition) is 2. The molecular formula is C20H24N2O2. The van der Waals surface area contributed by atoms with E-state index in [-0.39, 0.29) is 6.03 Å². The summed E-state index contributed by atoms with van der Waals surface area (Å²) in [5.74, 6) is 0.998. The second kappa shape index (κ2) is 7.39. The highest BCUT2D eigenvalue weighted by Gasteiger charge is 2.11. The Morgan fingerprint density at radius 1 is 1.12 bits per heavy atom. The molecule has 0 aromatic heterocycles. The highest BCUT2D eigenvalue weighted by atomic mass is 16.5. The van der Waals surface area contributed by atoms with Gasteiger partial charge in [-0.25, -0.2) is 4.79 Å². The van der Waals surface area contributed by atoms with Gasteiger partial charge >= 0.3 is 6.03 Å². The average molecular weight is 324 g/mol. The minimum absolute atomic E-state index is 0.125. The van der Waals surface area contributed by atoms with Gasteiger partial charge in [0.15, 0.2) is 0 Å². The van der Waals surface area contributed by atoms with Crippen molar-refractivity contribution in [2.75, 3.05) is 13.2 Å². The molecule has 1 aliphatic rings. The van der Waals surface area contributed by atoms with Crippen molar-refractivity contribution >= 4 is 6.03 Å². The number of urea groups is 1. The number of hydrogen-bond donors (Lipinski definition) is 2. The molecule has 0 saturated carbocycles. The van der Waals surface area contributed by atoms with Crippen molar-refractivity contribution in [3.8, 4) is 5.75 Å². The normalized spacial score (nSPS) is 12.4. The smallest absolute Gasteiger partial charge is 0.315 e. The molecule has 0 radical (unpaired) electrons. The molecule has 0 spiro atoms. The van der Waals surface area contributed by atoms with Crippen molar-refractivity contribution in [2.24, 2.45) is 0 Å². The molecule has 4 nitrogen and oxygen atoms in total. The maximum absolute atomic E-state index is 11.9. The number of carbonyl (C=O) groups excluding carboxylic acids is 1. The molecule has 2 N–H and O–H groups in total. The summed E-state index contributed by atoms with van der Waals surface area (Å²) in [5, 5.41) is 5.84. The Morgan fingerprint density at radius 2 is 2.00 bits per heavy atom. The zero-order valence-electron chi connectivity index (χ0n) is 14.3. The quantitative estimate of drug-likeness (QED) is 0.887. The molecule has 24 heavy (non-hydrogen) atoms. The van der Waals surface area contributed by atoms with Crippen LogP contribution in [0.25, 0.3) is 0 Å². The van der Waals surface area contributed by atoms with Crippen molar-refractivity contribution in [3.05, 3.63) is 64.2 Å². The largest absolute Gasteiger partial charge is 0.493 e. The van der Waals surface area contributed by atoms with Crippen molar-refractivity contribution in [1.82, 2.24) is 10.6 Å². The van der Waals surface area contributed by atoms with Gasteiger partial charge in [0, 0.05) is 19.5 Å². The molecular weight excluding hydrogens is 300 g/mol. The fourth-order valence-corrected chi connectivity index (χ4v) is 3.00. The van der Waals surface area contributed by atoms with Crippen LogP contribution in [0.2, 0.25) is 0 Å². The van der Waals surface area contributed by atoms with E-state index in [0.717, 1.165) is 30.8 Å². The van der Waals surface area contributed by atoms with Crippen LogP contribution in [0.15, 0.2) is 36.4 Å². The van der Waals surface area contributed by atoms with Gasteiger partial charge in [0.25, 0.3) is 0 Å². The van der Waals surface area contributed by atoms with Gasteiger partial charge in [-0.3, -0.25) is 0 Å². The van der Waals surface area contributed by atoms with Crippen LogP contribution in [0.5, 0.6) is 5.75 Å². The number of ether oxygens (including phenoxy) is 1. The predicted molar refractivity (Wildman–Crippen MR) is 95.5 cm³/mol. The molecule has 0 unspecified atom stereocenters. The number of fused-ring (bicyclic) bond motifs is 1. The Bertz CT molecular complexity index is 740. The van der Waals surface area contributed by atoms with Crippen molar-refractivity contribution in [2.45, 2.75) is 33.2 Å². The number of benzene rings is 2. The molecule has 3 rings (SSSR count). The zero-order chi connectivity index (χ0) is 16.9. The summed E-state index contributed by atoms with van der Waals surface area (Å²) in [4.78, 5) is 11.9. The third kappa shape index (κ3) is 4.07. The molecule has 0 bridgehead atoms. The Kier molecular flexibility index (Phi) is 5.04. The molecule has 1 heterocycles. The summed E-state index contributed by atoms with van der Waals surface area (Å²) in [6.07, 6.45) is 1.80. The molecule has 0 fully saturated rings. The van der Waals surface area contributed by atoms with E-state index in [9.17, 15) is 4.79 Å². The molecule has 1 aliphatic heterocycles. The van der Waals surface area contributed by atoms with Gasteiger partial charge in [0.2, 0.25) is 0 Å². The summed E-state index contributed by atoms with van der Waals surface area (Å²) in [6.45, 7) is 6.09. The van der Waals surface area contributed by atoms with Crippen LogP contribution in [0.1, 0.15) is 27.8 Å². The Hall–Kier alpha value is -2.49. The highest BCUT2D eigenvalue weighted by Crippen LogP contribution is 2.25. The predicted octanol–water partition coefficient (Wildman–Crippen LogP) is 3.28. The van der Waals surface area contributed by atoms with Crippen LogP contribution >= 0.6 is 0 Å². The van der Waals surface area contributed by atoms with Crippen LogP contribution in [-0.4, -0.2) is 19.2 Å². The van der Waals surface area contributed by atoms with Gasteiger partial charge in [0.05, 0.1) is 6.61 Å². The van der Waals surface area contributed by atoms with Crippen molar-refractivity contribution in [1.29, 1.82) is 0 Å². The minimum Gasteiger partial charge on any atom is -0.493 e. The minimum atomic E-state index is -0.125. The lowest BCUT2D eigenvalue weighted by atomic mass is 10.1. The third-order valence-electron chi connectivity index (χ3n) is 4.39. The maximum atomic E-state index is 11.9. The van der Waals surface area contributed by atoms with E-state index in [4.69, 9.17) is 4.74 Å². The van der Waals surface area contributed by atoms with Gasteiger partial charge in [-0.05, 0) is 48.6 Å². The fraction of sp³-hybridized carbons (Fsp3) is 0.350. The Morgan fingerprint density at radius 3 is 2.83 bits per heavy atom. The number of rotatable bonds is 5. The monoisotopic (exact) mass is 324 g/mol. The van der Waals surface area contributed by atoms with E-state index in [0.29, 0.717) is 13.1 Å². The van der Waals surface area contributed by atoms with Crippen LogP contribution in [0.4, 0.5) is 4.79 Å². The van der Waals surface area contributed by atoms with E-state index in [1.165, 1.54) is 22.3 Å². The Labute approximate surface area is 143 Å². The summed E-state index contributed by atoms with van der Waals surface area (Å²) in [5.41, 5.74) is 6.09. The van der Waals surface area contributed by atoms with Crippen LogP contribution in [0.3, 0.4) is 0 Å². The second-order valence-electron chi connectivity index (χ2n) is 6.33. The van der Waals surface area contributed by atoms with Gasteiger partial charge < -0.3 is 15.4 Å². The fourth-order valence-electron chi connectivity index (χ4n) is 3.00. The number of nitrogens with one attached hydrogen (secondary N) is 2. The number of carbonyl (C=O) groups is 1. The van der Waals surface area contributed by atoms with Gasteiger partial charge in [-0.1, -0.05) is 35.9 Å². The average Bonchev–Trinajstić information content (AvgIpc) is 3.02. The van der Waals surface area contributed by atoms with Crippen molar-refractivity contribution in [3.63, 3.8) is 0 Å². The molecule has 0 atom stereocenters. The van der Waals surface area contributed by atoms with E-state index in [1.54, 1.807) is 0 Å². The lowest BCUT2D eigenvalue weighted by molar-refractivity contribution is 0.240. The van der Waals surface area contributed by atoms with E-state index in [1.807, 2.05) is 6.07 Å². The summed E-state index contributed by atoms with van der Waals surface area (Å²) in [6, 6.07) is 12.4. The van der Waals surface area contributed by atoms with Gasteiger partial charge in [0.1, 0.15) is 5.75 Å². The summed E-state index contributed by atoms with van der Waals surface area (Å²) < 4.78 is 5.51. The van der Waals surface area contributed by atoms with E-state index < -0.39 is 0 Å². The number of aryl methyl sites for hydroxylation is 2. The molecule has 2 amide bonds. The molecule has 2 aromatic rings. The molecule has 4 heteroatoms. The first kappa shape index (κ1) is 16.4. The summed E-state index contributed by atoms with van der Waals surface area (Å²) in [7, 11) is 0. The lowest BCUT2D eigenvalue weighted by Gasteiger charge is -2.10. The summed E-state index contributed by atoms with van der Waals surface area (Å²) >= 11 is 0. The van der Waals surface area contributed by atoms with Crippen LogP contribution < -0.4 is 15.4 Å². The molecule has 126 valence electrons. The van der Waals surface area contributed by atoms with Gasteiger partial charge in [-0.15, -0.1) is 0 Å². The first-order valence-corrected chi connectivity index (χ1v) is 8.44. The molecule has 0 aliphatic carbocycles. The lowest BCUT2D eigenvalue weighted by Crippen LogP contribution is -2.36. The van der Waals surface area contributed by atoms with Crippen LogP contribution in [-0.2, 0) is 19.4 Å². The van der Waals surface area contributed by atoms with Gasteiger partial charge in [-0.2, -0.15) is 0 Å². The standard InChI is InChI=1S/C20H24N2O2/c1-14-3-5-18(15(2)11-14)13-22-20(23)21-9-7-16-4-6-19-17(12-16)8-10-24-19/h3-6,11-12H,7-10,13H2,1-2H3,(H2,21,22,23). The molecule has 2 aromatic carbocycles. The number of amides is 2. The van der Waals surface area contributed by atoms with E-state index >= 15 is 0 Å². The topological polar surface area (TPSA) is 50.4 Å². The Balaban J connectivity index is 1.42. The first-order chi connectivity index (χ1) is 11.6. The van der Waals surface area contributed by atoms with Crippen LogP contribution in [0, 0.1) is 13.8 Å². The maximum Gasteiger partial charge on any atom is 0.315 e. The third-order valence-corrected chi connectivity index (χ3v) is 4.39. The molecule has 0 saturated heterocycles. The van der Waals surface area contributed by atoms with E-state index in [2.05, 4.69) is 54.8 Å².